The van der Waals surface area contributed by atoms with E-state index in [4.69, 9.17) is 11.6 Å². The van der Waals surface area contributed by atoms with Crippen molar-refractivity contribution in [3.05, 3.63) is 28.8 Å². The average molecular weight is 333 g/mol. The quantitative estimate of drug-likeness (QED) is 0.795. The summed E-state index contributed by atoms with van der Waals surface area (Å²) in [6.45, 7) is 6.47. The molecule has 120 valence electrons. The van der Waals surface area contributed by atoms with E-state index in [1.165, 1.54) is 6.26 Å². The molecule has 21 heavy (non-hydrogen) atoms. The number of rotatable bonds is 8. The molecule has 0 aliphatic rings. The van der Waals surface area contributed by atoms with E-state index in [0.717, 1.165) is 24.3 Å². The molecule has 0 bridgehead atoms. The molecule has 4 nitrogen and oxygen atoms in total. The second kappa shape index (κ2) is 8.01. The molecule has 0 amide bonds. The van der Waals surface area contributed by atoms with Gasteiger partial charge in [-0.05, 0) is 30.2 Å². The molecule has 0 spiro atoms. The van der Waals surface area contributed by atoms with Crippen molar-refractivity contribution in [3.63, 3.8) is 0 Å². The molecule has 0 radical (unpaired) electrons. The topological polar surface area (TPSA) is 49.4 Å². The molecule has 1 aromatic rings. The first-order valence-electron chi connectivity index (χ1n) is 7.07. The highest BCUT2D eigenvalue weighted by atomic mass is 35.5. The van der Waals surface area contributed by atoms with Gasteiger partial charge in [-0.3, -0.25) is 0 Å². The Hall–Kier alpha value is -0.780. The Morgan fingerprint density at radius 1 is 1.33 bits per heavy atom. The minimum Gasteiger partial charge on any atom is -0.374 e. The highest BCUT2D eigenvalue weighted by Crippen LogP contribution is 2.23. The first-order valence-corrected chi connectivity index (χ1v) is 9.51. The lowest BCUT2D eigenvalue weighted by molar-refractivity contribution is 0.552. The smallest absolute Gasteiger partial charge is 0.149 e. The Balaban J connectivity index is 2.64. The second-order valence-electron chi connectivity index (χ2n) is 5.85. The molecule has 1 N–H and O–H groups in total. The number of hydrogen-bond acceptors (Lipinski definition) is 4. The van der Waals surface area contributed by atoms with Gasteiger partial charge in [-0.15, -0.1) is 0 Å². The number of benzene rings is 1. The van der Waals surface area contributed by atoms with Gasteiger partial charge in [0.1, 0.15) is 9.84 Å². The van der Waals surface area contributed by atoms with Crippen LogP contribution in [-0.4, -0.2) is 40.6 Å². The molecule has 0 atom stereocenters. The van der Waals surface area contributed by atoms with Gasteiger partial charge in [-0.2, -0.15) is 0 Å². The Bertz CT molecular complexity index is 559. The van der Waals surface area contributed by atoms with Crippen LogP contribution >= 0.6 is 11.6 Å². The van der Waals surface area contributed by atoms with Crippen LogP contribution in [0, 0.1) is 5.92 Å². The lowest BCUT2D eigenvalue weighted by Gasteiger charge is -2.20. The number of hydrogen-bond donors (Lipinski definition) is 1. The maximum atomic E-state index is 11.2. The van der Waals surface area contributed by atoms with Gasteiger partial charge in [0.25, 0.3) is 0 Å². The summed E-state index contributed by atoms with van der Waals surface area (Å²) in [5, 5.41) is 4.06. The van der Waals surface area contributed by atoms with Crippen molar-refractivity contribution in [2.75, 3.05) is 37.0 Å². The first-order chi connectivity index (χ1) is 9.69. The molecule has 0 aliphatic carbocycles. The maximum Gasteiger partial charge on any atom is 0.149 e. The molecule has 0 saturated heterocycles. The summed E-state index contributed by atoms with van der Waals surface area (Å²) < 4.78 is 22.4. The average Bonchev–Trinajstić information content (AvgIpc) is 2.36. The third-order valence-electron chi connectivity index (χ3n) is 3.14. The van der Waals surface area contributed by atoms with E-state index in [-0.39, 0.29) is 5.75 Å². The van der Waals surface area contributed by atoms with Crippen LogP contribution in [0.3, 0.4) is 0 Å². The molecule has 1 aromatic carbocycles. The number of sulfone groups is 1. The van der Waals surface area contributed by atoms with Crippen LogP contribution in [-0.2, 0) is 16.4 Å². The lowest BCUT2D eigenvalue weighted by atomic mass is 10.1. The van der Waals surface area contributed by atoms with E-state index in [9.17, 15) is 8.42 Å². The summed E-state index contributed by atoms with van der Waals surface area (Å²) >= 11 is 6.29. The Morgan fingerprint density at radius 2 is 2.00 bits per heavy atom. The Morgan fingerprint density at radius 3 is 2.52 bits per heavy atom. The molecule has 0 heterocycles. The molecule has 0 aromatic heterocycles. The fraction of sp³-hybridized carbons (Fsp3) is 0.600. The first kappa shape index (κ1) is 18.3. The van der Waals surface area contributed by atoms with Crippen LogP contribution in [0.2, 0.25) is 5.02 Å². The summed E-state index contributed by atoms with van der Waals surface area (Å²) in [5.41, 5.74) is 1.98. The van der Waals surface area contributed by atoms with Crippen molar-refractivity contribution in [2.45, 2.75) is 20.4 Å². The minimum absolute atomic E-state index is 0.138. The van der Waals surface area contributed by atoms with Gasteiger partial charge in [0.05, 0.1) is 5.75 Å². The van der Waals surface area contributed by atoms with Gasteiger partial charge >= 0.3 is 0 Å². The SMILES string of the molecule is CC(C)CNCc1ccc(N(C)CCS(C)(=O)=O)cc1Cl. The van der Waals surface area contributed by atoms with E-state index < -0.39 is 9.84 Å². The number of nitrogens with zero attached hydrogens (tertiary/aromatic N) is 1. The molecular formula is C15H25ClN2O2S. The lowest BCUT2D eigenvalue weighted by Crippen LogP contribution is -2.25. The summed E-state index contributed by atoms with van der Waals surface area (Å²) in [6, 6.07) is 5.85. The van der Waals surface area contributed by atoms with Crippen molar-refractivity contribution >= 4 is 27.1 Å². The van der Waals surface area contributed by atoms with Crippen LogP contribution < -0.4 is 10.2 Å². The van der Waals surface area contributed by atoms with Gasteiger partial charge in [-0.1, -0.05) is 31.5 Å². The van der Waals surface area contributed by atoms with E-state index >= 15 is 0 Å². The normalized spacial score (nSPS) is 11.9. The number of nitrogens with one attached hydrogen (secondary N) is 1. The highest BCUT2D eigenvalue weighted by Gasteiger charge is 2.09. The predicted molar refractivity (Wildman–Crippen MR) is 91.0 cm³/mol. The third-order valence-corrected chi connectivity index (χ3v) is 4.42. The monoisotopic (exact) mass is 332 g/mol. The largest absolute Gasteiger partial charge is 0.374 e. The van der Waals surface area contributed by atoms with Gasteiger partial charge in [0.2, 0.25) is 0 Å². The van der Waals surface area contributed by atoms with Crippen LogP contribution in [0.15, 0.2) is 18.2 Å². The van der Waals surface area contributed by atoms with E-state index in [1.54, 1.807) is 0 Å². The van der Waals surface area contributed by atoms with E-state index in [1.807, 2.05) is 30.1 Å². The van der Waals surface area contributed by atoms with Gasteiger partial charge in [0.15, 0.2) is 0 Å². The van der Waals surface area contributed by atoms with E-state index in [2.05, 4.69) is 19.2 Å². The summed E-state index contributed by atoms with van der Waals surface area (Å²) in [5.74, 6) is 0.740. The van der Waals surface area contributed by atoms with Crippen molar-refractivity contribution in [3.8, 4) is 0 Å². The van der Waals surface area contributed by atoms with Gasteiger partial charge in [0, 0.05) is 37.1 Å². The molecule has 0 aliphatic heterocycles. The molecule has 1 rings (SSSR count). The van der Waals surface area contributed by atoms with E-state index in [0.29, 0.717) is 17.5 Å². The maximum absolute atomic E-state index is 11.2. The fourth-order valence-electron chi connectivity index (χ4n) is 1.84. The molecule has 0 saturated carbocycles. The summed E-state index contributed by atoms with van der Waals surface area (Å²) in [4.78, 5) is 1.90. The zero-order valence-corrected chi connectivity index (χ0v) is 14.8. The summed E-state index contributed by atoms with van der Waals surface area (Å²) in [6.07, 6.45) is 1.25. The van der Waals surface area contributed by atoms with Gasteiger partial charge in [-0.25, -0.2) is 8.42 Å². The van der Waals surface area contributed by atoms with Crippen LogP contribution in [0.4, 0.5) is 5.69 Å². The summed E-state index contributed by atoms with van der Waals surface area (Å²) in [7, 11) is -1.08. The zero-order chi connectivity index (χ0) is 16.0. The number of anilines is 1. The number of halogens is 1. The second-order valence-corrected chi connectivity index (χ2v) is 8.52. The molecule has 0 unspecified atom stereocenters. The fourth-order valence-corrected chi connectivity index (χ4v) is 2.69. The molecular weight excluding hydrogens is 308 g/mol. The zero-order valence-electron chi connectivity index (χ0n) is 13.2. The van der Waals surface area contributed by atoms with Crippen LogP contribution in [0.1, 0.15) is 19.4 Å². The Labute approximate surface area is 133 Å². The molecule has 0 fully saturated rings. The van der Waals surface area contributed by atoms with Crippen LogP contribution in [0.5, 0.6) is 0 Å². The predicted octanol–water partition coefficient (Wildman–Crippen LogP) is 2.57. The molecule has 6 heteroatoms. The Kier molecular flexibility index (Phi) is 6.97. The van der Waals surface area contributed by atoms with Crippen molar-refractivity contribution in [1.29, 1.82) is 0 Å². The van der Waals surface area contributed by atoms with Crippen molar-refractivity contribution in [2.24, 2.45) is 5.92 Å². The highest BCUT2D eigenvalue weighted by molar-refractivity contribution is 7.90. The van der Waals surface area contributed by atoms with Crippen molar-refractivity contribution < 1.29 is 8.42 Å². The van der Waals surface area contributed by atoms with Crippen LogP contribution in [0.25, 0.3) is 0 Å². The standard InChI is InChI=1S/C15H25ClN2O2S/c1-12(2)10-17-11-13-5-6-14(9-15(13)16)18(3)7-8-21(4,19)20/h5-6,9,12,17H,7-8,10-11H2,1-4H3. The minimum atomic E-state index is -2.95. The van der Waals surface area contributed by atoms with Gasteiger partial charge < -0.3 is 10.2 Å². The third kappa shape index (κ3) is 7.16. The van der Waals surface area contributed by atoms with Crippen molar-refractivity contribution in [1.82, 2.24) is 5.32 Å².